The first kappa shape index (κ1) is 29.4. The van der Waals surface area contributed by atoms with Gasteiger partial charge in [0.25, 0.3) is 0 Å². The number of ether oxygens (including phenoxy) is 3. The van der Waals surface area contributed by atoms with Crippen LogP contribution in [0.4, 0.5) is 0 Å². The number of carboxylic acids is 1. The Labute approximate surface area is 228 Å². The molecule has 7 nitrogen and oxygen atoms in total. The van der Waals surface area contributed by atoms with Gasteiger partial charge in [-0.05, 0) is 120 Å². The predicted molar refractivity (Wildman–Crippen MR) is 143 cm³/mol. The van der Waals surface area contributed by atoms with Gasteiger partial charge in [0.05, 0.1) is 12.0 Å². The molecule has 0 aromatic rings. The van der Waals surface area contributed by atoms with Crippen molar-refractivity contribution in [1.29, 1.82) is 0 Å². The first-order valence-corrected chi connectivity index (χ1v) is 15.3. The van der Waals surface area contributed by atoms with Crippen LogP contribution in [0.5, 0.6) is 0 Å². The molecular weight excluding hydrogens is 484 g/mol. The summed E-state index contributed by atoms with van der Waals surface area (Å²) in [6.07, 6.45) is 13.0. The van der Waals surface area contributed by atoms with Crippen molar-refractivity contribution in [2.75, 3.05) is 6.61 Å². The van der Waals surface area contributed by atoms with E-state index in [-0.39, 0.29) is 35.8 Å². The van der Waals surface area contributed by atoms with E-state index in [0.29, 0.717) is 56.5 Å². The molecule has 5 rings (SSSR count). The fourth-order valence-corrected chi connectivity index (χ4v) is 8.18. The van der Waals surface area contributed by atoms with Crippen LogP contribution in [0.3, 0.4) is 0 Å². The quantitative estimate of drug-likeness (QED) is 0.249. The van der Waals surface area contributed by atoms with E-state index in [0.717, 1.165) is 44.9 Å². The van der Waals surface area contributed by atoms with Crippen LogP contribution in [0, 0.1) is 35.0 Å². The maximum Gasteiger partial charge on any atom is 0.312 e. The minimum absolute atomic E-state index is 0.0765. The van der Waals surface area contributed by atoms with Gasteiger partial charge in [0, 0.05) is 19.3 Å². The van der Waals surface area contributed by atoms with Crippen LogP contribution in [0.1, 0.15) is 124 Å². The Morgan fingerprint density at radius 1 is 1.03 bits per heavy atom. The minimum Gasteiger partial charge on any atom is -0.481 e. The van der Waals surface area contributed by atoms with E-state index in [1.165, 1.54) is 19.3 Å². The highest BCUT2D eigenvalue weighted by Crippen LogP contribution is 2.57. The number of esters is 2. The number of rotatable bonds is 14. The summed E-state index contributed by atoms with van der Waals surface area (Å²) in [5.41, 5.74) is -0.905. The lowest BCUT2D eigenvalue weighted by atomic mass is 9.54. The molecule has 4 atom stereocenters. The molecule has 1 aliphatic heterocycles. The van der Waals surface area contributed by atoms with Gasteiger partial charge in [0.15, 0.2) is 0 Å². The van der Waals surface area contributed by atoms with Gasteiger partial charge >= 0.3 is 17.9 Å². The van der Waals surface area contributed by atoms with Crippen LogP contribution in [0.25, 0.3) is 0 Å². The Morgan fingerprint density at radius 2 is 1.68 bits per heavy atom. The lowest BCUT2D eigenvalue weighted by molar-refractivity contribution is -0.198. The molecule has 4 unspecified atom stereocenters. The van der Waals surface area contributed by atoms with Crippen LogP contribution in [-0.2, 0) is 28.6 Å². The minimum atomic E-state index is -0.812. The molecule has 1 saturated heterocycles. The van der Waals surface area contributed by atoms with E-state index in [2.05, 4.69) is 6.92 Å². The first-order valence-electron chi connectivity index (χ1n) is 15.3. The van der Waals surface area contributed by atoms with Crippen LogP contribution >= 0.6 is 0 Å². The third-order valence-corrected chi connectivity index (χ3v) is 10.0. The summed E-state index contributed by atoms with van der Waals surface area (Å²) in [5.74, 6) is 1.29. The Kier molecular flexibility index (Phi) is 9.81. The Morgan fingerprint density at radius 3 is 2.24 bits per heavy atom. The van der Waals surface area contributed by atoms with Gasteiger partial charge in [-0.2, -0.15) is 0 Å². The molecular formula is C31H50O7. The number of carboxylic acid groups (broad SMARTS) is 1. The van der Waals surface area contributed by atoms with Gasteiger partial charge < -0.3 is 19.3 Å². The van der Waals surface area contributed by atoms with Crippen LogP contribution in [0.15, 0.2) is 0 Å². The molecule has 4 aliphatic carbocycles. The summed E-state index contributed by atoms with van der Waals surface area (Å²) in [4.78, 5) is 37.5. The van der Waals surface area contributed by atoms with Gasteiger partial charge in [-0.1, -0.05) is 13.8 Å². The largest absolute Gasteiger partial charge is 0.481 e. The highest BCUT2D eigenvalue weighted by Gasteiger charge is 2.54. The van der Waals surface area contributed by atoms with E-state index < -0.39 is 17.7 Å². The van der Waals surface area contributed by atoms with Crippen molar-refractivity contribution in [3.63, 3.8) is 0 Å². The standard InChI is InChI=1S/C31H50O7/c1-4-30(3,29(35)38-31-18-23-14-24(19-31)16-25(15-23)20-31)17-22(9-10-26(32)33)13-21(2)8-11-27(34)37-28-7-5-6-12-36-28/h21-25,28H,4-20H2,1-3H3,(H,32,33). The lowest BCUT2D eigenvalue weighted by Gasteiger charge is -2.56. The molecule has 1 N–H and O–H groups in total. The molecule has 0 aromatic carbocycles. The summed E-state index contributed by atoms with van der Waals surface area (Å²) < 4.78 is 17.4. The molecule has 0 aromatic heterocycles. The van der Waals surface area contributed by atoms with Crippen molar-refractivity contribution in [3.05, 3.63) is 0 Å². The molecule has 4 saturated carbocycles. The second-order valence-corrected chi connectivity index (χ2v) is 13.6. The summed E-state index contributed by atoms with van der Waals surface area (Å²) in [6.45, 7) is 6.80. The Hall–Kier alpha value is -1.63. The predicted octanol–water partition coefficient (Wildman–Crippen LogP) is 6.66. The number of hydrogen-bond donors (Lipinski definition) is 1. The van der Waals surface area contributed by atoms with E-state index >= 15 is 0 Å². The maximum atomic E-state index is 13.7. The maximum absolute atomic E-state index is 13.7. The van der Waals surface area contributed by atoms with Crippen LogP contribution < -0.4 is 0 Å². The van der Waals surface area contributed by atoms with Crippen molar-refractivity contribution in [2.45, 2.75) is 135 Å². The van der Waals surface area contributed by atoms with E-state index in [9.17, 15) is 19.5 Å². The third kappa shape index (κ3) is 7.73. The fraction of sp³-hybridized carbons (Fsp3) is 0.903. The zero-order valence-electron chi connectivity index (χ0n) is 23.9. The molecule has 4 bridgehead atoms. The van der Waals surface area contributed by atoms with E-state index in [1.807, 2.05) is 13.8 Å². The SMILES string of the molecule is CCC(C)(CC(CCC(=O)O)CC(C)CCC(=O)OC1CCCCO1)C(=O)OC12CC3CC(CC(C3)C1)C2. The number of aliphatic carboxylic acids is 1. The second-order valence-electron chi connectivity index (χ2n) is 13.6. The van der Waals surface area contributed by atoms with Crippen molar-refractivity contribution in [1.82, 2.24) is 0 Å². The zero-order valence-corrected chi connectivity index (χ0v) is 23.9. The highest BCUT2D eigenvalue weighted by molar-refractivity contribution is 5.77. The number of carbonyl (C=O) groups excluding carboxylic acids is 2. The second kappa shape index (κ2) is 12.7. The van der Waals surface area contributed by atoms with E-state index in [4.69, 9.17) is 14.2 Å². The molecule has 0 spiro atoms. The monoisotopic (exact) mass is 534 g/mol. The van der Waals surface area contributed by atoms with Gasteiger partial charge in [-0.3, -0.25) is 14.4 Å². The number of hydrogen-bond acceptors (Lipinski definition) is 6. The average molecular weight is 535 g/mol. The molecule has 38 heavy (non-hydrogen) atoms. The van der Waals surface area contributed by atoms with Crippen molar-refractivity contribution < 1.29 is 33.7 Å². The van der Waals surface area contributed by atoms with Crippen LogP contribution in [-0.4, -0.2) is 41.5 Å². The third-order valence-electron chi connectivity index (χ3n) is 10.0. The smallest absolute Gasteiger partial charge is 0.312 e. The lowest BCUT2D eigenvalue weighted by Crippen LogP contribution is -2.54. The summed E-state index contributed by atoms with van der Waals surface area (Å²) in [6, 6.07) is 0. The molecule has 5 fully saturated rings. The average Bonchev–Trinajstić information content (AvgIpc) is 2.85. The van der Waals surface area contributed by atoms with Crippen LogP contribution in [0.2, 0.25) is 0 Å². The summed E-state index contributed by atoms with van der Waals surface area (Å²) >= 11 is 0. The summed E-state index contributed by atoms with van der Waals surface area (Å²) in [5, 5.41) is 9.37. The normalized spacial score (nSPS) is 33.2. The molecule has 216 valence electrons. The first-order chi connectivity index (χ1) is 18.1. The topological polar surface area (TPSA) is 99.1 Å². The van der Waals surface area contributed by atoms with Crippen molar-refractivity contribution >= 4 is 17.9 Å². The molecule has 7 heteroatoms. The van der Waals surface area contributed by atoms with Crippen molar-refractivity contribution in [2.24, 2.45) is 35.0 Å². The van der Waals surface area contributed by atoms with Gasteiger partial charge in [-0.25, -0.2) is 0 Å². The van der Waals surface area contributed by atoms with Gasteiger partial charge in [-0.15, -0.1) is 0 Å². The molecule has 0 amide bonds. The van der Waals surface area contributed by atoms with Gasteiger partial charge in [0.1, 0.15) is 5.60 Å². The summed E-state index contributed by atoms with van der Waals surface area (Å²) in [7, 11) is 0. The van der Waals surface area contributed by atoms with Crippen molar-refractivity contribution in [3.8, 4) is 0 Å². The molecule has 5 aliphatic rings. The number of carbonyl (C=O) groups is 3. The van der Waals surface area contributed by atoms with E-state index in [1.54, 1.807) is 0 Å². The highest BCUT2D eigenvalue weighted by atomic mass is 16.7. The van der Waals surface area contributed by atoms with Gasteiger partial charge in [0.2, 0.25) is 6.29 Å². The molecule has 0 radical (unpaired) electrons. The zero-order chi connectivity index (χ0) is 27.3. The Bertz CT molecular complexity index is 797. The Balaban J connectivity index is 1.32. The molecule has 1 heterocycles. The fourth-order valence-electron chi connectivity index (χ4n) is 8.18.